The summed E-state index contributed by atoms with van der Waals surface area (Å²) in [6.45, 7) is 3.79. The zero-order chi connectivity index (χ0) is 29.4. The number of ether oxygens (including phenoxy) is 1. The monoisotopic (exact) mass is 577 g/mol. The number of benzene rings is 3. The van der Waals surface area contributed by atoms with Crippen molar-refractivity contribution in [2.75, 3.05) is 17.1 Å². The smallest absolute Gasteiger partial charge is 0.244 e. The molecule has 0 aromatic heterocycles. The maximum absolute atomic E-state index is 13.8. The van der Waals surface area contributed by atoms with Gasteiger partial charge in [0.25, 0.3) is 0 Å². The SMILES string of the molecule is Cc1cccc(CN(C(=O)CN(c2ccc(OCc3ccccc3)cc2)S(C)(=O)=O)C(C)C(=O)NC2CCCC2)c1. The summed E-state index contributed by atoms with van der Waals surface area (Å²) in [5, 5.41) is 3.08. The highest BCUT2D eigenvalue weighted by Gasteiger charge is 2.31. The number of hydrogen-bond acceptors (Lipinski definition) is 5. The van der Waals surface area contributed by atoms with Gasteiger partial charge in [0.15, 0.2) is 0 Å². The average Bonchev–Trinajstić information content (AvgIpc) is 3.46. The standard InChI is InChI=1S/C32H39N3O5S/c1-24-10-9-13-27(20-24)21-34(25(2)32(37)33-28-14-7-8-15-28)31(36)22-35(41(3,38)39)29-16-18-30(19-17-29)40-23-26-11-5-4-6-12-26/h4-6,9-13,16-20,25,28H,7-8,14-15,21-23H2,1-3H3,(H,33,37). The fraction of sp³-hybridized carbons (Fsp3) is 0.375. The lowest BCUT2D eigenvalue weighted by Gasteiger charge is -2.32. The Hall–Kier alpha value is -3.85. The molecule has 41 heavy (non-hydrogen) atoms. The van der Waals surface area contributed by atoms with Crippen molar-refractivity contribution >= 4 is 27.5 Å². The summed E-state index contributed by atoms with van der Waals surface area (Å²) >= 11 is 0. The molecule has 1 aliphatic rings. The molecule has 0 aliphatic heterocycles. The number of hydrogen-bond donors (Lipinski definition) is 1. The second-order valence-corrected chi connectivity index (χ2v) is 12.6. The Labute approximate surface area is 243 Å². The van der Waals surface area contributed by atoms with E-state index in [4.69, 9.17) is 4.74 Å². The van der Waals surface area contributed by atoms with Gasteiger partial charge in [-0.05, 0) is 62.1 Å². The van der Waals surface area contributed by atoms with Gasteiger partial charge in [-0.25, -0.2) is 8.42 Å². The van der Waals surface area contributed by atoms with Gasteiger partial charge in [-0.1, -0.05) is 73.0 Å². The molecule has 3 aromatic carbocycles. The van der Waals surface area contributed by atoms with E-state index in [1.165, 1.54) is 4.90 Å². The maximum Gasteiger partial charge on any atom is 0.244 e. The Balaban J connectivity index is 1.52. The number of sulfonamides is 1. The quantitative estimate of drug-likeness (QED) is 0.333. The van der Waals surface area contributed by atoms with Gasteiger partial charge in [0.2, 0.25) is 21.8 Å². The second kappa shape index (κ2) is 13.7. The molecule has 3 aromatic rings. The molecule has 2 amide bonds. The first-order valence-corrected chi connectivity index (χ1v) is 15.8. The molecule has 1 aliphatic carbocycles. The van der Waals surface area contributed by atoms with Gasteiger partial charge < -0.3 is 15.0 Å². The number of anilines is 1. The molecule has 0 bridgehead atoms. The minimum absolute atomic E-state index is 0.107. The van der Waals surface area contributed by atoms with Crippen LogP contribution in [0.5, 0.6) is 5.75 Å². The Kier molecular flexibility index (Phi) is 10.0. The van der Waals surface area contributed by atoms with E-state index in [1.54, 1.807) is 31.2 Å². The van der Waals surface area contributed by atoms with Crippen LogP contribution in [-0.2, 0) is 32.8 Å². The summed E-state index contributed by atoms with van der Waals surface area (Å²) in [4.78, 5) is 28.5. The molecule has 9 heteroatoms. The highest BCUT2D eigenvalue weighted by molar-refractivity contribution is 7.92. The van der Waals surface area contributed by atoms with Crippen molar-refractivity contribution in [2.45, 2.75) is 64.8 Å². The van der Waals surface area contributed by atoms with Crippen molar-refractivity contribution in [1.82, 2.24) is 10.2 Å². The third-order valence-electron chi connectivity index (χ3n) is 7.36. The first-order valence-electron chi connectivity index (χ1n) is 14.0. The highest BCUT2D eigenvalue weighted by Crippen LogP contribution is 2.24. The first-order chi connectivity index (χ1) is 19.6. The van der Waals surface area contributed by atoms with Gasteiger partial charge in [0.1, 0.15) is 24.9 Å². The van der Waals surface area contributed by atoms with Crippen LogP contribution in [0.1, 0.15) is 49.3 Å². The molecule has 4 rings (SSSR count). The van der Waals surface area contributed by atoms with Gasteiger partial charge in [0, 0.05) is 12.6 Å². The summed E-state index contributed by atoms with van der Waals surface area (Å²) < 4.78 is 32.6. The predicted molar refractivity (Wildman–Crippen MR) is 161 cm³/mol. The molecule has 0 saturated heterocycles. The Morgan fingerprint density at radius 2 is 1.61 bits per heavy atom. The van der Waals surface area contributed by atoms with Crippen molar-refractivity contribution in [2.24, 2.45) is 0 Å². The molecule has 1 unspecified atom stereocenters. The normalized spacial score (nSPS) is 14.3. The third kappa shape index (κ3) is 8.57. The lowest BCUT2D eigenvalue weighted by Crippen LogP contribution is -2.52. The van der Waals surface area contributed by atoms with Crippen LogP contribution in [0, 0.1) is 6.92 Å². The van der Waals surface area contributed by atoms with Crippen LogP contribution >= 0.6 is 0 Å². The minimum Gasteiger partial charge on any atom is -0.489 e. The van der Waals surface area contributed by atoms with Crippen LogP contribution in [0.3, 0.4) is 0 Å². The molecule has 218 valence electrons. The van der Waals surface area contributed by atoms with Crippen molar-refractivity contribution in [3.8, 4) is 5.75 Å². The topological polar surface area (TPSA) is 96.0 Å². The molecule has 1 fully saturated rings. The van der Waals surface area contributed by atoms with E-state index in [1.807, 2.05) is 61.5 Å². The fourth-order valence-corrected chi connectivity index (χ4v) is 5.89. The number of carbonyl (C=O) groups is 2. The molecule has 1 N–H and O–H groups in total. The summed E-state index contributed by atoms with van der Waals surface area (Å²) in [6, 6.07) is 23.4. The number of rotatable bonds is 12. The Bertz CT molecular complexity index is 1420. The van der Waals surface area contributed by atoms with Gasteiger partial charge >= 0.3 is 0 Å². The maximum atomic E-state index is 13.8. The summed E-state index contributed by atoms with van der Waals surface area (Å²) in [5.74, 6) is -0.116. The van der Waals surface area contributed by atoms with E-state index in [9.17, 15) is 18.0 Å². The van der Waals surface area contributed by atoms with E-state index in [0.717, 1.165) is 52.9 Å². The molecule has 0 spiro atoms. The van der Waals surface area contributed by atoms with Crippen molar-refractivity contribution in [3.05, 3.63) is 95.6 Å². The Morgan fingerprint density at radius 1 is 0.951 bits per heavy atom. The molecule has 0 radical (unpaired) electrons. The minimum atomic E-state index is -3.81. The third-order valence-corrected chi connectivity index (χ3v) is 8.50. The predicted octanol–water partition coefficient (Wildman–Crippen LogP) is 4.82. The van der Waals surface area contributed by atoms with E-state index in [2.05, 4.69) is 5.32 Å². The number of nitrogens with zero attached hydrogens (tertiary/aromatic N) is 2. The summed E-state index contributed by atoms with van der Waals surface area (Å²) in [5.41, 5.74) is 3.25. The van der Waals surface area contributed by atoms with Gasteiger partial charge in [-0.15, -0.1) is 0 Å². The van der Waals surface area contributed by atoms with Crippen LogP contribution < -0.4 is 14.4 Å². The number of nitrogens with one attached hydrogen (secondary N) is 1. The fourth-order valence-electron chi connectivity index (χ4n) is 5.04. The molecular formula is C32H39N3O5S. The molecule has 0 heterocycles. The van der Waals surface area contributed by atoms with Crippen molar-refractivity contribution < 1.29 is 22.7 Å². The van der Waals surface area contributed by atoms with E-state index in [0.29, 0.717) is 18.0 Å². The van der Waals surface area contributed by atoms with Crippen LogP contribution in [0.15, 0.2) is 78.9 Å². The molecule has 8 nitrogen and oxygen atoms in total. The second-order valence-electron chi connectivity index (χ2n) is 10.7. The molecular weight excluding hydrogens is 538 g/mol. The van der Waals surface area contributed by atoms with Gasteiger partial charge in [-0.2, -0.15) is 0 Å². The van der Waals surface area contributed by atoms with Crippen molar-refractivity contribution in [1.29, 1.82) is 0 Å². The lowest BCUT2D eigenvalue weighted by atomic mass is 10.1. The lowest BCUT2D eigenvalue weighted by molar-refractivity contribution is -0.139. The van der Waals surface area contributed by atoms with Crippen LogP contribution in [0.25, 0.3) is 0 Å². The van der Waals surface area contributed by atoms with Crippen LogP contribution in [0.2, 0.25) is 0 Å². The van der Waals surface area contributed by atoms with Crippen LogP contribution in [0.4, 0.5) is 5.69 Å². The zero-order valence-electron chi connectivity index (χ0n) is 24.0. The van der Waals surface area contributed by atoms with Gasteiger partial charge in [0.05, 0.1) is 11.9 Å². The average molecular weight is 578 g/mol. The van der Waals surface area contributed by atoms with E-state index in [-0.39, 0.29) is 18.5 Å². The van der Waals surface area contributed by atoms with Gasteiger partial charge in [-0.3, -0.25) is 13.9 Å². The molecule has 1 saturated carbocycles. The number of amides is 2. The zero-order valence-corrected chi connectivity index (χ0v) is 24.8. The number of carbonyl (C=O) groups excluding carboxylic acids is 2. The highest BCUT2D eigenvalue weighted by atomic mass is 32.2. The summed E-state index contributed by atoms with van der Waals surface area (Å²) in [6.07, 6.45) is 5.07. The Morgan fingerprint density at radius 3 is 2.24 bits per heavy atom. The summed E-state index contributed by atoms with van der Waals surface area (Å²) in [7, 11) is -3.81. The molecule has 1 atom stereocenters. The number of aryl methyl sites for hydroxylation is 1. The first kappa shape index (κ1) is 30.1. The van der Waals surface area contributed by atoms with Crippen molar-refractivity contribution in [3.63, 3.8) is 0 Å². The van der Waals surface area contributed by atoms with E-state index >= 15 is 0 Å². The largest absolute Gasteiger partial charge is 0.489 e. The van der Waals surface area contributed by atoms with E-state index < -0.39 is 28.5 Å². The van der Waals surface area contributed by atoms with Crippen LogP contribution in [-0.4, -0.2) is 50.0 Å².